The first-order valence-electron chi connectivity index (χ1n) is 4.45. The third kappa shape index (κ3) is 5.08. The highest BCUT2D eigenvalue weighted by atomic mass is 16.1. The topological polar surface area (TPSA) is 43.1 Å². The molecule has 1 unspecified atom stereocenters. The van der Waals surface area contributed by atoms with E-state index in [0.29, 0.717) is 13.0 Å². The summed E-state index contributed by atoms with van der Waals surface area (Å²) >= 11 is 0. The molecule has 1 atom stereocenters. The Balaban J connectivity index is 3.69. The first kappa shape index (κ1) is 11.4. The molecule has 0 aliphatic rings. The van der Waals surface area contributed by atoms with Crippen molar-refractivity contribution in [3.05, 3.63) is 12.2 Å². The average molecular weight is 169 g/mol. The van der Waals surface area contributed by atoms with Gasteiger partial charge in [-0.25, -0.2) is 0 Å². The minimum absolute atomic E-state index is 0.144. The Hall–Kier alpha value is -0.630. The van der Waals surface area contributed by atoms with Gasteiger partial charge < -0.3 is 5.73 Å². The lowest BCUT2D eigenvalue weighted by atomic mass is 9.96. The standard InChI is InChI=1S/C10H19NO/c1-8(2)7-10(12)9(3)5-4-6-11/h9H,1,4-7,11H2,2-3H3. The average Bonchev–Trinajstić information content (AvgIpc) is 1.98. The number of Topliss-reactive ketones (excluding diaryl/α,β-unsaturated/α-hetero) is 1. The summed E-state index contributed by atoms with van der Waals surface area (Å²) in [5, 5.41) is 0. The highest BCUT2D eigenvalue weighted by molar-refractivity contribution is 5.82. The minimum atomic E-state index is 0.144. The predicted molar refractivity (Wildman–Crippen MR) is 51.9 cm³/mol. The summed E-state index contributed by atoms with van der Waals surface area (Å²) in [5.74, 6) is 0.432. The van der Waals surface area contributed by atoms with Gasteiger partial charge in [-0.05, 0) is 26.3 Å². The van der Waals surface area contributed by atoms with Gasteiger partial charge in [-0.15, -0.1) is 0 Å². The van der Waals surface area contributed by atoms with E-state index in [4.69, 9.17) is 5.73 Å². The molecule has 70 valence electrons. The lowest BCUT2D eigenvalue weighted by molar-refractivity contribution is -0.121. The molecule has 0 rings (SSSR count). The van der Waals surface area contributed by atoms with E-state index < -0.39 is 0 Å². The Morgan fingerprint density at radius 3 is 2.58 bits per heavy atom. The van der Waals surface area contributed by atoms with Crippen LogP contribution in [0.2, 0.25) is 0 Å². The zero-order valence-corrected chi connectivity index (χ0v) is 8.10. The van der Waals surface area contributed by atoms with E-state index >= 15 is 0 Å². The van der Waals surface area contributed by atoms with Crippen LogP contribution in [-0.2, 0) is 4.79 Å². The second-order valence-electron chi connectivity index (χ2n) is 3.43. The van der Waals surface area contributed by atoms with E-state index in [-0.39, 0.29) is 11.7 Å². The number of rotatable bonds is 6. The molecule has 0 aromatic carbocycles. The van der Waals surface area contributed by atoms with Crippen molar-refractivity contribution in [2.24, 2.45) is 11.7 Å². The predicted octanol–water partition coefficient (Wildman–Crippen LogP) is 1.90. The molecule has 0 spiro atoms. The van der Waals surface area contributed by atoms with Gasteiger partial charge in [-0.2, -0.15) is 0 Å². The molecule has 0 aliphatic carbocycles. The van der Waals surface area contributed by atoms with E-state index in [1.165, 1.54) is 0 Å². The van der Waals surface area contributed by atoms with Gasteiger partial charge >= 0.3 is 0 Å². The van der Waals surface area contributed by atoms with E-state index in [2.05, 4.69) is 6.58 Å². The molecule has 2 nitrogen and oxygen atoms in total. The van der Waals surface area contributed by atoms with Crippen LogP contribution >= 0.6 is 0 Å². The van der Waals surface area contributed by atoms with Crippen LogP contribution in [0, 0.1) is 5.92 Å². The first-order chi connectivity index (χ1) is 5.57. The summed E-state index contributed by atoms with van der Waals surface area (Å²) in [7, 11) is 0. The third-order valence-electron chi connectivity index (χ3n) is 1.87. The molecule has 2 N–H and O–H groups in total. The number of nitrogens with two attached hydrogens (primary N) is 1. The number of carbonyl (C=O) groups excluding carboxylic acids is 1. The van der Waals surface area contributed by atoms with Gasteiger partial charge in [0.2, 0.25) is 0 Å². The fourth-order valence-electron chi connectivity index (χ4n) is 1.06. The summed E-state index contributed by atoms with van der Waals surface area (Å²) in [6, 6.07) is 0. The van der Waals surface area contributed by atoms with E-state index in [9.17, 15) is 4.79 Å². The second-order valence-corrected chi connectivity index (χ2v) is 3.43. The van der Waals surface area contributed by atoms with E-state index in [1.807, 2.05) is 13.8 Å². The van der Waals surface area contributed by atoms with Crippen molar-refractivity contribution in [1.29, 1.82) is 0 Å². The zero-order valence-electron chi connectivity index (χ0n) is 8.10. The van der Waals surface area contributed by atoms with Crippen molar-refractivity contribution in [3.63, 3.8) is 0 Å². The van der Waals surface area contributed by atoms with Crippen LogP contribution in [0.5, 0.6) is 0 Å². The van der Waals surface area contributed by atoms with Crippen molar-refractivity contribution in [3.8, 4) is 0 Å². The number of hydrogen-bond acceptors (Lipinski definition) is 2. The molecule has 0 aromatic heterocycles. The second kappa shape index (κ2) is 5.95. The summed E-state index contributed by atoms with van der Waals surface area (Å²) in [4.78, 5) is 11.4. The molecule has 2 heteroatoms. The van der Waals surface area contributed by atoms with Crippen molar-refractivity contribution in [2.75, 3.05) is 6.54 Å². The number of carbonyl (C=O) groups is 1. The Bertz CT molecular complexity index is 163. The zero-order chi connectivity index (χ0) is 9.56. The fraction of sp³-hybridized carbons (Fsp3) is 0.700. The van der Waals surface area contributed by atoms with Gasteiger partial charge in [0.1, 0.15) is 5.78 Å². The fourth-order valence-corrected chi connectivity index (χ4v) is 1.06. The van der Waals surface area contributed by atoms with Crippen LogP contribution < -0.4 is 5.73 Å². The van der Waals surface area contributed by atoms with Gasteiger partial charge in [0.15, 0.2) is 0 Å². The quantitative estimate of drug-likeness (QED) is 0.617. The van der Waals surface area contributed by atoms with Crippen LogP contribution in [0.15, 0.2) is 12.2 Å². The van der Waals surface area contributed by atoms with Gasteiger partial charge in [-0.1, -0.05) is 19.1 Å². The maximum Gasteiger partial charge on any atom is 0.139 e. The van der Waals surface area contributed by atoms with Gasteiger partial charge in [-0.3, -0.25) is 4.79 Å². The molecular formula is C10H19NO. The lowest BCUT2D eigenvalue weighted by Crippen LogP contribution is -2.12. The highest BCUT2D eigenvalue weighted by Gasteiger charge is 2.11. The van der Waals surface area contributed by atoms with E-state index in [0.717, 1.165) is 18.4 Å². The SMILES string of the molecule is C=C(C)CC(=O)C(C)CCCN. The number of allylic oxidation sites excluding steroid dienone is 1. The molecule has 0 bridgehead atoms. The van der Waals surface area contributed by atoms with Crippen LogP contribution in [0.1, 0.15) is 33.1 Å². The molecule has 0 amide bonds. The maximum absolute atomic E-state index is 11.4. The van der Waals surface area contributed by atoms with Crippen molar-refractivity contribution >= 4 is 5.78 Å². The smallest absolute Gasteiger partial charge is 0.139 e. The number of ketones is 1. The Morgan fingerprint density at radius 1 is 1.58 bits per heavy atom. The van der Waals surface area contributed by atoms with E-state index in [1.54, 1.807) is 0 Å². The Kier molecular flexibility index (Phi) is 5.64. The molecule has 12 heavy (non-hydrogen) atoms. The number of hydrogen-bond donors (Lipinski definition) is 1. The molecule has 0 fully saturated rings. The minimum Gasteiger partial charge on any atom is -0.330 e. The first-order valence-corrected chi connectivity index (χ1v) is 4.45. The summed E-state index contributed by atoms with van der Waals surface area (Å²) in [6.45, 7) is 8.23. The summed E-state index contributed by atoms with van der Waals surface area (Å²) < 4.78 is 0. The van der Waals surface area contributed by atoms with Crippen molar-refractivity contribution < 1.29 is 4.79 Å². The van der Waals surface area contributed by atoms with Gasteiger partial charge in [0.05, 0.1) is 0 Å². The highest BCUT2D eigenvalue weighted by Crippen LogP contribution is 2.11. The molecular weight excluding hydrogens is 150 g/mol. The third-order valence-corrected chi connectivity index (χ3v) is 1.87. The normalized spacial score (nSPS) is 12.6. The molecule has 0 aliphatic heterocycles. The molecule has 0 radical (unpaired) electrons. The van der Waals surface area contributed by atoms with Crippen LogP contribution in [0.4, 0.5) is 0 Å². The Labute approximate surface area is 74.8 Å². The monoisotopic (exact) mass is 169 g/mol. The van der Waals surface area contributed by atoms with Crippen LogP contribution in [-0.4, -0.2) is 12.3 Å². The Morgan fingerprint density at radius 2 is 2.17 bits per heavy atom. The summed E-state index contributed by atoms with van der Waals surface area (Å²) in [5.41, 5.74) is 6.29. The maximum atomic E-state index is 11.4. The molecule has 0 saturated heterocycles. The summed E-state index contributed by atoms with van der Waals surface area (Å²) in [6.07, 6.45) is 2.36. The molecule has 0 heterocycles. The lowest BCUT2D eigenvalue weighted by Gasteiger charge is -2.08. The van der Waals surface area contributed by atoms with Gasteiger partial charge in [0.25, 0.3) is 0 Å². The van der Waals surface area contributed by atoms with Crippen molar-refractivity contribution in [1.82, 2.24) is 0 Å². The van der Waals surface area contributed by atoms with Crippen LogP contribution in [0.25, 0.3) is 0 Å². The molecule has 0 aromatic rings. The largest absolute Gasteiger partial charge is 0.330 e. The van der Waals surface area contributed by atoms with Crippen LogP contribution in [0.3, 0.4) is 0 Å². The van der Waals surface area contributed by atoms with Gasteiger partial charge in [0, 0.05) is 12.3 Å². The molecule has 0 saturated carbocycles. The van der Waals surface area contributed by atoms with Crippen molar-refractivity contribution in [2.45, 2.75) is 33.1 Å².